The van der Waals surface area contributed by atoms with E-state index in [2.05, 4.69) is 10.3 Å². The Labute approximate surface area is 139 Å². The Hall–Kier alpha value is -2.34. The molecule has 0 aliphatic heterocycles. The van der Waals surface area contributed by atoms with Crippen molar-refractivity contribution in [3.05, 3.63) is 54.3 Å². The highest BCUT2D eigenvalue weighted by Gasteiger charge is 2.34. The van der Waals surface area contributed by atoms with Crippen molar-refractivity contribution in [2.45, 2.75) is 6.54 Å². The summed E-state index contributed by atoms with van der Waals surface area (Å²) in [6.45, 7) is 0.466. The molecule has 126 valence electrons. The van der Waals surface area contributed by atoms with Crippen molar-refractivity contribution >= 4 is 18.9 Å². The molecular formula is C16H17N2O5P. The molecule has 0 saturated heterocycles. The minimum atomic E-state index is -3.58. The van der Waals surface area contributed by atoms with Crippen LogP contribution in [0.25, 0.3) is 11.7 Å². The lowest BCUT2D eigenvalue weighted by Crippen LogP contribution is -2.14. The zero-order chi connectivity index (χ0) is 17.0. The zero-order valence-corrected chi connectivity index (χ0v) is 14.2. The number of benzene rings is 1. The van der Waals surface area contributed by atoms with E-state index in [-0.39, 0.29) is 17.2 Å². The van der Waals surface area contributed by atoms with Crippen molar-refractivity contribution in [2.75, 3.05) is 19.5 Å². The summed E-state index contributed by atoms with van der Waals surface area (Å²) in [6, 6.07) is 13.1. The van der Waals surface area contributed by atoms with Crippen molar-refractivity contribution in [1.29, 1.82) is 0 Å². The first-order valence-electron chi connectivity index (χ1n) is 7.21. The van der Waals surface area contributed by atoms with E-state index >= 15 is 0 Å². The number of anilines is 1. The molecular weight excluding hydrogens is 331 g/mol. The number of rotatable bonds is 7. The first kappa shape index (κ1) is 16.5. The number of furan rings is 1. The molecule has 0 fully saturated rings. The molecule has 0 atom stereocenters. The Kier molecular flexibility index (Phi) is 4.85. The van der Waals surface area contributed by atoms with E-state index in [1.165, 1.54) is 20.5 Å². The molecule has 0 radical (unpaired) electrons. The minimum absolute atomic E-state index is 0.0785. The van der Waals surface area contributed by atoms with E-state index in [9.17, 15) is 4.57 Å². The van der Waals surface area contributed by atoms with Crippen molar-refractivity contribution in [3.63, 3.8) is 0 Å². The molecule has 0 unspecified atom stereocenters. The van der Waals surface area contributed by atoms with Gasteiger partial charge in [-0.05, 0) is 17.7 Å². The highest BCUT2D eigenvalue weighted by atomic mass is 31.2. The molecule has 0 spiro atoms. The van der Waals surface area contributed by atoms with Gasteiger partial charge in [-0.3, -0.25) is 4.57 Å². The summed E-state index contributed by atoms with van der Waals surface area (Å²) in [4.78, 5) is 4.24. The lowest BCUT2D eigenvalue weighted by atomic mass is 10.2. The van der Waals surface area contributed by atoms with Crippen LogP contribution >= 0.6 is 7.60 Å². The Morgan fingerprint density at radius 1 is 1.12 bits per heavy atom. The monoisotopic (exact) mass is 348 g/mol. The van der Waals surface area contributed by atoms with E-state index in [1.807, 2.05) is 30.3 Å². The molecule has 1 N–H and O–H groups in total. The number of nitrogens with one attached hydrogen (secondary N) is 1. The standard InChI is InChI=1S/C16H17N2O5P/c1-20-24(19,21-2)16-15(17-11-12-7-4-3-5-8-12)23-14(18-16)13-9-6-10-22-13/h3-10,17H,11H2,1-2H3. The molecule has 1 aromatic carbocycles. The first-order chi connectivity index (χ1) is 11.7. The summed E-state index contributed by atoms with van der Waals surface area (Å²) in [5.74, 6) is 0.833. The topological polar surface area (TPSA) is 86.7 Å². The average Bonchev–Trinajstić information content (AvgIpc) is 3.30. The first-order valence-corrected chi connectivity index (χ1v) is 8.75. The van der Waals surface area contributed by atoms with Crippen molar-refractivity contribution in [1.82, 2.24) is 4.98 Å². The number of aromatic nitrogens is 1. The number of oxazole rings is 1. The Balaban J connectivity index is 1.95. The Bertz CT molecular complexity index is 822. The third kappa shape index (κ3) is 3.28. The molecule has 2 aromatic heterocycles. The fourth-order valence-electron chi connectivity index (χ4n) is 2.14. The highest BCUT2D eigenvalue weighted by Crippen LogP contribution is 2.47. The normalized spacial score (nSPS) is 11.6. The van der Waals surface area contributed by atoms with Crippen LogP contribution in [0.15, 0.2) is 57.6 Å². The zero-order valence-electron chi connectivity index (χ0n) is 13.3. The van der Waals surface area contributed by atoms with E-state index in [4.69, 9.17) is 17.9 Å². The maximum absolute atomic E-state index is 12.7. The molecule has 0 aliphatic rings. The maximum Gasteiger partial charge on any atom is 0.384 e. The second kappa shape index (κ2) is 7.05. The summed E-state index contributed by atoms with van der Waals surface area (Å²) >= 11 is 0. The van der Waals surface area contributed by atoms with Crippen molar-refractivity contribution in [3.8, 4) is 11.7 Å². The van der Waals surface area contributed by atoms with Crippen LogP contribution in [-0.2, 0) is 20.2 Å². The van der Waals surface area contributed by atoms with Crippen LogP contribution < -0.4 is 10.8 Å². The minimum Gasteiger partial charge on any atom is -0.459 e. The molecule has 2 heterocycles. The summed E-state index contributed by atoms with van der Waals surface area (Å²) < 4.78 is 33.8. The van der Waals surface area contributed by atoms with E-state index in [0.717, 1.165) is 5.56 Å². The molecule has 8 heteroatoms. The second-order valence-electron chi connectivity index (χ2n) is 4.85. The van der Waals surface area contributed by atoms with Crippen LogP contribution in [0.2, 0.25) is 0 Å². The Morgan fingerprint density at radius 2 is 1.88 bits per heavy atom. The fourth-order valence-corrected chi connectivity index (χ4v) is 3.23. The smallest absolute Gasteiger partial charge is 0.384 e. The molecule has 3 rings (SSSR count). The third-order valence-corrected chi connectivity index (χ3v) is 5.16. The lowest BCUT2D eigenvalue weighted by molar-refractivity contribution is 0.286. The maximum atomic E-state index is 12.7. The fraction of sp³-hybridized carbons (Fsp3) is 0.188. The average molecular weight is 348 g/mol. The lowest BCUT2D eigenvalue weighted by Gasteiger charge is -2.12. The highest BCUT2D eigenvalue weighted by molar-refractivity contribution is 7.62. The van der Waals surface area contributed by atoms with Crippen LogP contribution in [0.1, 0.15) is 5.56 Å². The van der Waals surface area contributed by atoms with Gasteiger partial charge in [-0.1, -0.05) is 30.3 Å². The van der Waals surface area contributed by atoms with Gasteiger partial charge in [0.15, 0.2) is 5.76 Å². The van der Waals surface area contributed by atoms with Gasteiger partial charge in [0.25, 0.3) is 5.89 Å². The molecule has 0 saturated carbocycles. The predicted octanol–water partition coefficient (Wildman–Crippen LogP) is 3.66. The number of hydrogen-bond donors (Lipinski definition) is 1. The number of nitrogens with zero attached hydrogens (tertiary/aromatic N) is 1. The summed E-state index contributed by atoms with van der Waals surface area (Å²) in [7, 11) is -0.986. The van der Waals surface area contributed by atoms with Gasteiger partial charge in [-0.2, -0.15) is 4.98 Å². The van der Waals surface area contributed by atoms with Crippen LogP contribution in [-0.4, -0.2) is 19.2 Å². The molecule has 0 amide bonds. The van der Waals surface area contributed by atoms with Gasteiger partial charge in [0.1, 0.15) is 0 Å². The Morgan fingerprint density at radius 3 is 2.50 bits per heavy atom. The number of hydrogen-bond acceptors (Lipinski definition) is 7. The van der Waals surface area contributed by atoms with Gasteiger partial charge in [-0.25, -0.2) is 0 Å². The van der Waals surface area contributed by atoms with E-state index in [0.29, 0.717) is 12.3 Å². The second-order valence-corrected chi connectivity index (χ2v) is 7.00. The van der Waals surface area contributed by atoms with E-state index in [1.54, 1.807) is 12.1 Å². The quantitative estimate of drug-likeness (QED) is 0.652. The van der Waals surface area contributed by atoms with Crippen molar-refractivity contribution in [2.24, 2.45) is 0 Å². The van der Waals surface area contributed by atoms with Crippen LogP contribution in [0.5, 0.6) is 0 Å². The van der Waals surface area contributed by atoms with Crippen LogP contribution in [0.4, 0.5) is 5.88 Å². The molecule has 0 bridgehead atoms. The predicted molar refractivity (Wildman–Crippen MR) is 89.2 cm³/mol. The van der Waals surface area contributed by atoms with E-state index < -0.39 is 7.60 Å². The van der Waals surface area contributed by atoms with Crippen molar-refractivity contribution < 1.29 is 22.4 Å². The van der Waals surface area contributed by atoms with Gasteiger partial charge >= 0.3 is 7.60 Å². The van der Waals surface area contributed by atoms with Gasteiger partial charge in [0, 0.05) is 20.8 Å². The van der Waals surface area contributed by atoms with Crippen LogP contribution in [0.3, 0.4) is 0 Å². The summed E-state index contributed by atoms with van der Waals surface area (Å²) in [5, 5.41) is 3.08. The van der Waals surface area contributed by atoms with Gasteiger partial charge in [-0.15, -0.1) is 0 Å². The van der Waals surface area contributed by atoms with Gasteiger partial charge in [0.2, 0.25) is 11.3 Å². The largest absolute Gasteiger partial charge is 0.459 e. The van der Waals surface area contributed by atoms with Gasteiger partial charge < -0.3 is 23.2 Å². The van der Waals surface area contributed by atoms with Gasteiger partial charge in [0.05, 0.1) is 6.26 Å². The molecule has 24 heavy (non-hydrogen) atoms. The molecule has 7 nitrogen and oxygen atoms in total. The summed E-state index contributed by atoms with van der Waals surface area (Å²) in [5.41, 5.74) is 1.11. The molecule has 3 aromatic rings. The van der Waals surface area contributed by atoms with Crippen LogP contribution in [0, 0.1) is 0 Å². The summed E-state index contributed by atoms with van der Waals surface area (Å²) in [6.07, 6.45) is 1.50. The molecule has 0 aliphatic carbocycles. The third-order valence-electron chi connectivity index (χ3n) is 3.38. The SMILES string of the molecule is COP(=O)(OC)c1nc(-c2ccco2)oc1NCc1ccccc1.